The van der Waals surface area contributed by atoms with E-state index in [2.05, 4.69) is 67.0 Å². The third kappa shape index (κ3) is 5.47. The first-order chi connectivity index (χ1) is 9.54. The third-order valence-electron chi connectivity index (χ3n) is 3.67. The van der Waals surface area contributed by atoms with Gasteiger partial charge < -0.3 is 5.32 Å². The molecule has 1 aliphatic heterocycles. The van der Waals surface area contributed by atoms with Crippen molar-refractivity contribution in [3.63, 3.8) is 0 Å². The molecule has 0 spiro atoms. The van der Waals surface area contributed by atoms with Gasteiger partial charge in [-0.1, -0.05) is 24.3 Å². The summed E-state index contributed by atoms with van der Waals surface area (Å²) in [6, 6.07) is 8.93. The summed E-state index contributed by atoms with van der Waals surface area (Å²) in [5, 5.41) is 3.58. The molecule has 20 heavy (non-hydrogen) atoms. The highest BCUT2D eigenvalue weighted by atomic mass is 32.2. The van der Waals surface area contributed by atoms with Crippen LogP contribution in [0.15, 0.2) is 24.3 Å². The van der Waals surface area contributed by atoms with Crippen LogP contribution in [-0.4, -0.2) is 41.6 Å². The lowest BCUT2D eigenvalue weighted by Gasteiger charge is -2.27. The molecule has 0 radical (unpaired) electrons. The predicted octanol–water partition coefficient (Wildman–Crippen LogP) is 3.17. The Hall–Kier alpha value is -0.510. The minimum atomic E-state index is 0.207. The molecule has 3 heteroatoms. The second-order valence-electron chi connectivity index (χ2n) is 6.58. The van der Waals surface area contributed by atoms with Crippen LogP contribution < -0.4 is 5.32 Å². The largest absolute Gasteiger partial charge is 0.312 e. The van der Waals surface area contributed by atoms with Crippen LogP contribution in [-0.2, 0) is 13.0 Å². The summed E-state index contributed by atoms with van der Waals surface area (Å²) in [5.41, 5.74) is 3.22. The molecule has 1 saturated heterocycles. The first-order valence-corrected chi connectivity index (χ1v) is 8.82. The van der Waals surface area contributed by atoms with E-state index < -0.39 is 0 Å². The first-order valence-electron chi connectivity index (χ1n) is 7.66. The zero-order chi connectivity index (χ0) is 14.4. The molecular formula is C17H28N2S. The van der Waals surface area contributed by atoms with Gasteiger partial charge in [0.25, 0.3) is 0 Å². The van der Waals surface area contributed by atoms with E-state index in [0.717, 1.165) is 19.5 Å². The maximum Gasteiger partial charge on any atom is 0.0237 e. The topological polar surface area (TPSA) is 15.3 Å². The van der Waals surface area contributed by atoms with Gasteiger partial charge in [-0.25, -0.2) is 0 Å². The van der Waals surface area contributed by atoms with E-state index in [4.69, 9.17) is 0 Å². The summed E-state index contributed by atoms with van der Waals surface area (Å²) in [5.74, 6) is 2.57. The van der Waals surface area contributed by atoms with Crippen LogP contribution in [0.5, 0.6) is 0 Å². The third-order valence-corrected chi connectivity index (χ3v) is 4.61. The molecule has 112 valence electrons. The molecule has 1 aliphatic rings. The number of rotatable bonds is 5. The molecule has 1 aromatic rings. The first kappa shape index (κ1) is 15.9. The average Bonchev–Trinajstić information content (AvgIpc) is 2.40. The molecule has 0 aliphatic carbocycles. The predicted molar refractivity (Wildman–Crippen MR) is 90.5 cm³/mol. The summed E-state index contributed by atoms with van der Waals surface area (Å²) < 4.78 is 0. The standard InChI is InChI=1S/C17H28N2S/c1-17(2,3)18-9-8-15-6-4-5-7-16(15)14-19-10-12-20-13-11-19/h4-7,18H,8-14H2,1-3H3. The van der Waals surface area contributed by atoms with E-state index >= 15 is 0 Å². The van der Waals surface area contributed by atoms with Crippen LogP contribution in [0.1, 0.15) is 31.9 Å². The maximum absolute atomic E-state index is 3.58. The zero-order valence-electron chi connectivity index (χ0n) is 13.1. The van der Waals surface area contributed by atoms with Crippen molar-refractivity contribution >= 4 is 11.8 Å². The molecule has 2 rings (SSSR count). The molecule has 0 atom stereocenters. The normalized spacial score (nSPS) is 17.4. The highest BCUT2D eigenvalue weighted by Crippen LogP contribution is 2.16. The SMILES string of the molecule is CC(C)(C)NCCc1ccccc1CN1CCSCC1. The van der Waals surface area contributed by atoms with Crippen molar-refractivity contribution in [2.45, 2.75) is 39.3 Å². The molecular weight excluding hydrogens is 264 g/mol. The van der Waals surface area contributed by atoms with Gasteiger partial charge in [0.05, 0.1) is 0 Å². The monoisotopic (exact) mass is 292 g/mol. The lowest BCUT2D eigenvalue weighted by atomic mass is 10.0. The lowest BCUT2D eigenvalue weighted by Crippen LogP contribution is -2.37. The van der Waals surface area contributed by atoms with Gasteiger partial charge in [-0.3, -0.25) is 4.90 Å². The Kier molecular flexibility index (Phi) is 5.94. The van der Waals surface area contributed by atoms with Crippen LogP contribution in [0.2, 0.25) is 0 Å². The van der Waals surface area contributed by atoms with Crippen LogP contribution in [0.3, 0.4) is 0 Å². The molecule has 0 aromatic heterocycles. The number of nitrogens with zero attached hydrogens (tertiary/aromatic N) is 1. The number of hydrogen-bond donors (Lipinski definition) is 1. The fourth-order valence-corrected chi connectivity index (χ4v) is 3.51. The second kappa shape index (κ2) is 7.48. The van der Waals surface area contributed by atoms with Crippen LogP contribution in [0.25, 0.3) is 0 Å². The Morgan fingerprint density at radius 1 is 1.10 bits per heavy atom. The summed E-state index contributed by atoms with van der Waals surface area (Å²) in [7, 11) is 0. The van der Waals surface area contributed by atoms with Crippen LogP contribution >= 0.6 is 11.8 Å². The minimum Gasteiger partial charge on any atom is -0.312 e. The lowest BCUT2D eigenvalue weighted by molar-refractivity contribution is 0.293. The highest BCUT2D eigenvalue weighted by molar-refractivity contribution is 7.99. The summed E-state index contributed by atoms with van der Waals surface area (Å²) in [4.78, 5) is 2.59. The van der Waals surface area contributed by atoms with E-state index in [-0.39, 0.29) is 5.54 Å². The van der Waals surface area contributed by atoms with Crippen molar-refractivity contribution in [3.8, 4) is 0 Å². The van der Waals surface area contributed by atoms with Crippen molar-refractivity contribution < 1.29 is 0 Å². The van der Waals surface area contributed by atoms with E-state index in [9.17, 15) is 0 Å². The molecule has 0 saturated carbocycles. The highest BCUT2D eigenvalue weighted by Gasteiger charge is 2.13. The Balaban J connectivity index is 1.91. The van der Waals surface area contributed by atoms with Crippen LogP contribution in [0, 0.1) is 0 Å². The molecule has 0 bridgehead atoms. The van der Waals surface area contributed by atoms with E-state index in [1.807, 2.05) is 0 Å². The molecule has 0 unspecified atom stereocenters. The van der Waals surface area contributed by atoms with E-state index in [0.29, 0.717) is 0 Å². The molecule has 0 amide bonds. The van der Waals surface area contributed by atoms with Gasteiger partial charge in [0.15, 0.2) is 0 Å². The van der Waals surface area contributed by atoms with E-state index in [1.54, 1.807) is 0 Å². The maximum atomic E-state index is 3.58. The number of nitrogens with one attached hydrogen (secondary N) is 1. The van der Waals surface area contributed by atoms with Crippen LogP contribution in [0.4, 0.5) is 0 Å². The van der Waals surface area contributed by atoms with Gasteiger partial charge in [0, 0.05) is 36.7 Å². The van der Waals surface area contributed by atoms with Gasteiger partial charge in [0.2, 0.25) is 0 Å². The van der Waals surface area contributed by atoms with Gasteiger partial charge in [-0.05, 0) is 44.9 Å². The molecule has 1 aromatic carbocycles. The number of thioether (sulfide) groups is 1. The van der Waals surface area contributed by atoms with Crippen molar-refractivity contribution in [2.24, 2.45) is 0 Å². The Morgan fingerprint density at radius 3 is 2.40 bits per heavy atom. The summed E-state index contributed by atoms with van der Waals surface area (Å²) in [6.45, 7) is 11.3. The Labute approximate surface area is 128 Å². The van der Waals surface area contributed by atoms with Gasteiger partial charge in [0.1, 0.15) is 0 Å². The van der Waals surface area contributed by atoms with Crippen molar-refractivity contribution in [1.29, 1.82) is 0 Å². The zero-order valence-corrected chi connectivity index (χ0v) is 13.9. The Morgan fingerprint density at radius 2 is 1.75 bits per heavy atom. The fraction of sp³-hybridized carbons (Fsp3) is 0.647. The summed E-state index contributed by atoms with van der Waals surface area (Å²) in [6.07, 6.45) is 1.12. The fourth-order valence-electron chi connectivity index (χ4n) is 2.53. The quantitative estimate of drug-likeness (QED) is 0.897. The van der Waals surface area contributed by atoms with Crippen molar-refractivity contribution in [3.05, 3.63) is 35.4 Å². The average molecular weight is 292 g/mol. The number of benzene rings is 1. The smallest absolute Gasteiger partial charge is 0.0237 e. The second-order valence-corrected chi connectivity index (χ2v) is 7.81. The molecule has 1 heterocycles. The molecule has 1 N–H and O–H groups in total. The van der Waals surface area contributed by atoms with Gasteiger partial charge >= 0.3 is 0 Å². The van der Waals surface area contributed by atoms with Crippen molar-refractivity contribution in [2.75, 3.05) is 31.1 Å². The minimum absolute atomic E-state index is 0.207. The Bertz CT molecular complexity index is 406. The van der Waals surface area contributed by atoms with E-state index in [1.165, 1.54) is 35.7 Å². The van der Waals surface area contributed by atoms with Crippen molar-refractivity contribution in [1.82, 2.24) is 10.2 Å². The molecule has 2 nitrogen and oxygen atoms in total. The molecule has 1 fully saturated rings. The summed E-state index contributed by atoms with van der Waals surface area (Å²) >= 11 is 2.08. The van der Waals surface area contributed by atoms with Gasteiger partial charge in [-0.2, -0.15) is 11.8 Å². The van der Waals surface area contributed by atoms with Gasteiger partial charge in [-0.15, -0.1) is 0 Å². The number of hydrogen-bond acceptors (Lipinski definition) is 3.